The van der Waals surface area contributed by atoms with Crippen molar-refractivity contribution < 1.29 is 23.0 Å². The van der Waals surface area contributed by atoms with Crippen molar-refractivity contribution in [3.63, 3.8) is 0 Å². The predicted octanol–water partition coefficient (Wildman–Crippen LogP) is 1.11. The van der Waals surface area contributed by atoms with Gasteiger partial charge in [0.15, 0.2) is 6.23 Å². The second kappa shape index (κ2) is 5.97. The van der Waals surface area contributed by atoms with E-state index in [2.05, 4.69) is 4.74 Å². The summed E-state index contributed by atoms with van der Waals surface area (Å²) in [5.41, 5.74) is 0. The molecule has 0 aromatic rings. The van der Waals surface area contributed by atoms with E-state index in [1.165, 1.54) is 21.0 Å². The Morgan fingerprint density at radius 3 is 2.20 bits per heavy atom. The highest BCUT2D eigenvalue weighted by Gasteiger charge is 2.51. The Bertz CT molecular complexity index is 210. The number of hydrogen-bond acceptors (Lipinski definition) is 4. The van der Waals surface area contributed by atoms with Gasteiger partial charge in [-0.05, 0) is 27.9 Å². The van der Waals surface area contributed by atoms with Crippen LogP contribution in [0, 0.1) is 0 Å². The summed E-state index contributed by atoms with van der Waals surface area (Å²) >= 11 is 0. The molecule has 0 spiro atoms. The Balaban J connectivity index is 4.68. The molecule has 0 unspecified atom stereocenters. The zero-order valence-electron chi connectivity index (χ0n) is 9.42. The maximum absolute atomic E-state index is 13.5. The molecule has 0 saturated heterocycles. The molecule has 0 amide bonds. The Kier molecular flexibility index (Phi) is 5.67. The fraction of sp³-hybridized carbons (Fsp3) is 0.889. The summed E-state index contributed by atoms with van der Waals surface area (Å²) in [6.45, 7) is 3.07. The molecule has 4 nitrogen and oxygen atoms in total. The van der Waals surface area contributed by atoms with Gasteiger partial charge in [-0.25, -0.2) is 4.79 Å². The minimum atomic E-state index is -3.66. The van der Waals surface area contributed by atoms with Crippen molar-refractivity contribution in [2.24, 2.45) is 0 Å². The van der Waals surface area contributed by atoms with Gasteiger partial charge in [0.1, 0.15) is 0 Å². The third-order valence-electron chi connectivity index (χ3n) is 1.65. The van der Waals surface area contributed by atoms with Crippen molar-refractivity contribution in [2.75, 3.05) is 27.3 Å². The molecule has 0 radical (unpaired) electrons. The lowest BCUT2D eigenvalue weighted by molar-refractivity contribution is -0.215. The van der Waals surface area contributed by atoms with Gasteiger partial charge in [-0.15, -0.1) is 0 Å². The van der Waals surface area contributed by atoms with Crippen molar-refractivity contribution in [1.29, 1.82) is 0 Å². The molecule has 0 aliphatic heterocycles. The van der Waals surface area contributed by atoms with Gasteiger partial charge in [0.05, 0.1) is 6.61 Å². The molecule has 15 heavy (non-hydrogen) atoms. The third kappa shape index (κ3) is 3.71. The molecule has 0 fully saturated rings. The van der Waals surface area contributed by atoms with E-state index in [4.69, 9.17) is 4.74 Å². The number of carbonyl (C=O) groups excluding carboxylic acids is 1. The van der Waals surface area contributed by atoms with Gasteiger partial charge in [-0.1, -0.05) is 0 Å². The van der Waals surface area contributed by atoms with E-state index in [9.17, 15) is 13.6 Å². The number of esters is 1. The molecule has 0 aromatic carbocycles. The fourth-order valence-electron chi connectivity index (χ4n) is 1.06. The summed E-state index contributed by atoms with van der Waals surface area (Å²) < 4.78 is 36.0. The summed E-state index contributed by atoms with van der Waals surface area (Å²) in [7, 11) is 2.82. The van der Waals surface area contributed by atoms with Crippen molar-refractivity contribution in [3.05, 3.63) is 0 Å². The number of rotatable bonds is 6. The first-order chi connectivity index (χ1) is 6.87. The van der Waals surface area contributed by atoms with Crippen molar-refractivity contribution in [2.45, 2.75) is 26.0 Å². The van der Waals surface area contributed by atoms with Crippen LogP contribution in [0.2, 0.25) is 0 Å². The van der Waals surface area contributed by atoms with E-state index < -0.39 is 18.1 Å². The molecule has 0 aliphatic carbocycles. The molecule has 90 valence electrons. The van der Waals surface area contributed by atoms with Crippen LogP contribution in [0.1, 0.15) is 13.8 Å². The normalized spacial score (nSPS) is 14.1. The van der Waals surface area contributed by atoms with Crippen LogP contribution in [0.4, 0.5) is 8.78 Å². The van der Waals surface area contributed by atoms with Crippen molar-refractivity contribution >= 4 is 5.97 Å². The van der Waals surface area contributed by atoms with Gasteiger partial charge in [0.25, 0.3) is 0 Å². The van der Waals surface area contributed by atoms with Gasteiger partial charge in [0.2, 0.25) is 0 Å². The highest BCUT2D eigenvalue weighted by molar-refractivity contribution is 5.78. The van der Waals surface area contributed by atoms with E-state index in [1.807, 2.05) is 0 Å². The summed E-state index contributed by atoms with van der Waals surface area (Å²) in [6.07, 6.45) is -1.60. The molecule has 0 bridgehead atoms. The van der Waals surface area contributed by atoms with Crippen LogP contribution in [0.25, 0.3) is 0 Å². The van der Waals surface area contributed by atoms with Crippen LogP contribution in [0.5, 0.6) is 0 Å². The van der Waals surface area contributed by atoms with E-state index in [0.717, 1.165) is 4.90 Å². The first kappa shape index (κ1) is 14.2. The first-order valence-electron chi connectivity index (χ1n) is 4.70. The van der Waals surface area contributed by atoms with Crippen LogP contribution in [-0.2, 0) is 14.3 Å². The van der Waals surface area contributed by atoms with E-state index >= 15 is 0 Å². The van der Waals surface area contributed by atoms with E-state index in [0.29, 0.717) is 0 Å². The molecule has 0 saturated carbocycles. The zero-order valence-corrected chi connectivity index (χ0v) is 9.42. The molecule has 0 heterocycles. The highest BCUT2D eigenvalue weighted by atomic mass is 19.3. The smallest absolute Gasteiger partial charge is 0.381 e. The van der Waals surface area contributed by atoms with Gasteiger partial charge in [-0.3, -0.25) is 4.90 Å². The molecular weight excluding hydrogens is 208 g/mol. The Labute approximate surface area is 88.1 Å². The summed E-state index contributed by atoms with van der Waals surface area (Å²) in [4.78, 5) is 12.1. The average molecular weight is 225 g/mol. The minimum absolute atomic E-state index is 0.0826. The second-order valence-corrected chi connectivity index (χ2v) is 3.11. The second-order valence-electron chi connectivity index (χ2n) is 3.11. The Morgan fingerprint density at radius 1 is 1.33 bits per heavy atom. The fourth-order valence-corrected chi connectivity index (χ4v) is 1.06. The van der Waals surface area contributed by atoms with E-state index in [1.54, 1.807) is 6.92 Å². The first-order valence-corrected chi connectivity index (χ1v) is 4.70. The molecule has 0 aliphatic rings. The summed E-state index contributed by atoms with van der Waals surface area (Å²) in [6, 6.07) is 0. The van der Waals surface area contributed by atoms with Crippen LogP contribution in [-0.4, -0.2) is 50.3 Å². The average Bonchev–Trinajstić information content (AvgIpc) is 2.13. The van der Waals surface area contributed by atoms with Gasteiger partial charge in [0, 0.05) is 6.61 Å². The van der Waals surface area contributed by atoms with Crippen molar-refractivity contribution in [1.82, 2.24) is 4.90 Å². The Hall–Kier alpha value is -0.750. The van der Waals surface area contributed by atoms with Gasteiger partial charge < -0.3 is 9.47 Å². The zero-order chi connectivity index (χ0) is 12.1. The number of nitrogens with zero attached hydrogens (tertiary/aromatic N) is 1. The molecule has 0 aromatic heterocycles. The number of hydrogen-bond donors (Lipinski definition) is 0. The van der Waals surface area contributed by atoms with Gasteiger partial charge >= 0.3 is 11.9 Å². The lowest BCUT2D eigenvalue weighted by atomic mass is 10.3. The predicted molar refractivity (Wildman–Crippen MR) is 50.7 cm³/mol. The third-order valence-corrected chi connectivity index (χ3v) is 1.65. The number of ether oxygens (including phenoxy) is 2. The standard InChI is InChI=1S/C9H17F2NO3/c1-5-14-7(12(3)4)9(10,11)8(13)15-6-2/h7H,5-6H2,1-4H3/t7-/m0/s1. The molecule has 6 heteroatoms. The van der Waals surface area contributed by atoms with Gasteiger partial charge in [-0.2, -0.15) is 8.78 Å². The number of alkyl halides is 2. The summed E-state index contributed by atoms with van der Waals surface area (Å²) in [5, 5.41) is 0. The van der Waals surface area contributed by atoms with E-state index in [-0.39, 0.29) is 13.2 Å². The lowest BCUT2D eigenvalue weighted by Crippen LogP contribution is -2.51. The maximum Gasteiger partial charge on any atom is 0.381 e. The monoisotopic (exact) mass is 225 g/mol. The highest BCUT2D eigenvalue weighted by Crippen LogP contribution is 2.24. The van der Waals surface area contributed by atoms with Crippen LogP contribution in [0.15, 0.2) is 0 Å². The molecule has 1 atom stereocenters. The van der Waals surface area contributed by atoms with Crippen LogP contribution < -0.4 is 0 Å². The van der Waals surface area contributed by atoms with Crippen LogP contribution >= 0.6 is 0 Å². The number of halogens is 2. The molecule has 0 N–H and O–H groups in total. The lowest BCUT2D eigenvalue weighted by Gasteiger charge is -2.29. The number of carbonyl (C=O) groups is 1. The summed E-state index contributed by atoms with van der Waals surface area (Å²) in [5.74, 6) is -5.22. The molecular formula is C9H17F2NO3. The SMILES string of the molecule is CCOC(=O)C(F)(F)[C@H](OCC)N(C)C. The topological polar surface area (TPSA) is 38.8 Å². The van der Waals surface area contributed by atoms with Crippen LogP contribution in [0.3, 0.4) is 0 Å². The quantitative estimate of drug-likeness (QED) is 0.501. The largest absolute Gasteiger partial charge is 0.461 e. The van der Waals surface area contributed by atoms with Crippen molar-refractivity contribution in [3.8, 4) is 0 Å². The minimum Gasteiger partial charge on any atom is -0.461 e. The molecule has 0 rings (SSSR count). The Morgan fingerprint density at radius 2 is 1.87 bits per heavy atom. The maximum atomic E-state index is 13.5.